The van der Waals surface area contributed by atoms with Gasteiger partial charge in [-0.15, -0.1) is 12.4 Å². The lowest BCUT2D eigenvalue weighted by Crippen LogP contribution is -2.02. The summed E-state index contributed by atoms with van der Waals surface area (Å²) in [5.74, 6) is 0.934. The van der Waals surface area contributed by atoms with Crippen molar-refractivity contribution < 1.29 is 4.74 Å². The number of benzene rings is 1. The summed E-state index contributed by atoms with van der Waals surface area (Å²) in [6, 6.07) is 8.06. The summed E-state index contributed by atoms with van der Waals surface area (Å²) in [5, 5.41) is 0. The Bertz CT molecular complexity index is 219. The number of ether oxygens (including phenoxy) is 1. The summed E-state index contributed by atoms with van der Waals surface area (Å²) in [7, 11) is 0. The van der Waals surface area contributed by atoms with Gasteiger partial charge in [-0.05, 0) is 37.6 Å². The highest BCUT2D eigenvalue weighted by atomic mass is 35.5. The van der Waals surface area contributed by atoms with E-state index in [0.717, 1.165) is 12.2 Å². The smallest absolute Gasteiger partial charge is 0.119 e. The Morgan fingerprint density at radius 3 is 2.77 bits per heavy atom. The number of nitrogens with two attached hydrogens (primary N) is 1. The van der Waals surface area contributed by atoms with Crippen LogP contribution in [-0.2, 0) is 6.42 Å². The minimum Gasteiger partial charge on any atom is -0.494 e. The van der Waals surface area contributed by atoms with E-state index in [1.807, 2.05) is 25.1 Å². The minimum atomic E-state index is 0. The molecule has 0 aliphatic carbocycles. The minimum absolute atomic E-state index is 0. The van der Waals surface area contributed by atoms with Gasteiger partial charge in [0.05, 0.1) is 6.61 Å². The van der Waals surface area contributed by atoms with Crippen LogP contribution in [0.5, 0.6) is 5.75 Å². The lowest BCUT2D eigenvalue weighted by molar-refractivity contribution is 0.340. The zero-order valence-electron chi connectivity index (χ0n) is 7.82. The average Bonchev–Trinajstić information content (AvgIpc) is 2.06. The van der Waals surface area contributed by atoms with Crippen LogP contribution in [0.25, 0.3) is 0 Å². The fourth-order valence-electron chi connectivity index (χ4n) is 1.12. The molecule has 3 heteroatoms. The van der Waals surface area contributed by atoms with Crippen LogP contribution in [0.15, 0.2) is 24.3 Å². The van der Waals surface area contributed by atoms with Crippen LogP contribution in [0.4, 0.5) is 0 Å². The summed E-state index contributed by atoms with van der Waals surface area (Å²) in [6.07, 6.45) is 0.918. The SMILES string of the molecule is CCOc1cccc(CCN)c1.Cl. The van der Waals surface area contributed by atoms with Gasteiger partial charge in [0.15, 0.2) is 0 Å². The molecule has 0 fully saturated rings. The van der Waals surface area contributed by atoms with Crippen LogP contribution in [0.3, 0.4) is 0 Å². The Labute approximate surface area is 85.5 Å². The molecule has 0 aromatic heterocycles. The molecule has 0 amide bonds. The van der Waals surface area contributed by atoms with Gasteiger partial charge in [-0.25, -0.2) is 0 Å². The molecule has 0 spiro atoms. The average molecular weight is 202 g/mol. The van der Waals surface area contributed by atoms with Gasteiger partial charge in [-0.3, -0.25) is 0 Å². The number of hydrogen-bond donors (Lipinski definition) is 1. The molecule has 0 aliphatic heterocycles. The largest absolute Gasteiger partial charge is 0.494 e. The molecule has 0 aliphatic rings. The van der Waals surface area contributed by atoms with Gasteiger partial charge in [0.2, 0.25) is 0 Å². The summed E-state index contributed by atoms with van der Waals surface area (Å²) >= 11 is 0. The van der Waals surface area contributed by atoms with Crippen molar-refractivity contribution in [1.29, 1.82) is 0 Å². The van der Waals surface area contributed by atoms with Crippen molar-refractivity contribution in [2.75, 3.05) is 13.2 Å². The second-order valence-electron chi connectivity index (χ2n) is 2.62. The van der Waals surface area contributed by atoms with Crippen molar-refractivity contribution in [3.8, 4) is 5.75 Å². The third-order valence-electron chi connectivity index (χ3n) is 1.64. The first kappa shape index (κ1) is 12.3. The molecule has 2 N–H and O–H groups in total. The summed E-state index contributed by atoms with van der Waals surface area (Å²) < 4.78 is 5.35. The molecule has 0 atom stereocenters. The Balaban J connectivity index is 0.00000144. The van der Waals surface area contributed by atoms with Gasteiger partial charge in [0, 0.05) is 0 Å². The fraction of sp³-hybridized carbons (Fsp3) is 0.400. The summed E-state index contributed by atoms with van der Waals surface area (Å²) in [4.78, 5) is 0. The molecule has 13 heavy (non-hydrogen) atoms. The van der Waals surface area contributed by atoms with Gasteiger partial charge in [-0.2, -0.15) is 0 Å². The summed E-state index contributed by atoms with van der Waals surface area (Å²) in [6.45, 7) is 3.39. The van der Waals surface area contributed by atoms with Crippen molar-refractivity contribution >= 4 is 12.4 Å². The van der Waals surface area contributed by atoms with Crippen molar-refractivity contribution in [1.82, 2.24) is 0 Å². The van der Waals surface area contributed by atoms with Crippen LogP contribution < -0.4 is 10.5 Å². The van der Waals surface area contributed by atoms with Crippen LogP contribution in [0.2, 0.25) is 0 Å². The standard InChI is InChI=1S/C10H15NO.ClH/c1-2-12-10-5-3-4-9(8-10)6-7-11;/h3-5,8H,2,6-7,11H2,1H3;1H. The first-order valence-corrected chi connectivity index (χ1v) is 4.28. The predicted octanol–water partition coefficient (Wildman–Crippen LogP) is 2.01. The van der Waals surface area contributed by atoms with E-state index in [4.69, 9.17) is 10.5 Å². The molecule has 2 nitrogen and oxygen atoms in total. The quantitative estimate of drug-likeness (QED) is 0.809. The van der Waals surface area contributed by atoms with Gasteiger partial charge < -0.3 is 10.5 Å². The molecule has 1 aromatic rings. The van der Waals surface area contributed by atoms with E-state index in [2.05, 4.69) is 6.07 Å². The topological polar surface area (TPSA) is 35.2 Å². The van der Waals surface area contributed by atoms with Gasteiger partial charge in [-0.1, -0.05) is 12.1 Å². The Kier molecular flexibility index (Phi) is 6.37. The summed E-state index contributed by atoms with van der Waals surface area (Å²) in [5.41, 5.74) is 6.68. The Hall–Kier alpha value is -0.730. The van der Waals surface area contributed by atoms with Gasteiger partial charge >= 0.3 is 0 Å². The molecule has 74 valence electrons. The highest BCUT2D eigenvalue weighted by Crippen LogP contribution is 2.12. The zero-order chi connectivity index (χ0) is 8.81. The van der Waals surface area contributed by atoms with Crippen molar-refractivity contribution in [2.45, 2.75) is 13.3 Å². The van der Waals surface area contributed by atoms with E-state index in [-0.39, 0.29) is 12.4 Å². The molecule has 0 heterocycles. The van der Waals surface area contributed by atoms with Gasteiger partial charge in [0.1, 0.15) is 5.75 Å². The lowest BCUT2D eigenvalue weighted by atomic mass is 10.1. The second kappa shape index (κ2) is 6.75. The zero-order valence-corrected chi connectivity index (χ0v) is 8.64. The molecule has 0 saturated heterocycles. The highest BCUT2D eigenvalue weighted by Gasteiger charge is 1.94. The van der Waals surface area contributed by atoms with Gasteiger partial charge in [0.25, 0.3) is 0 Å². The Morgan fingerprint density at radius 2 is 2.15 bits per heavy atom. The number of rotatable bonds is 4. The van der Waals surface area contributed by atoms with Crippen LogP contribution in [-0.4, -0.2) is 13.2 Å². The van der Waals surface area contributed by atoms with Crippen LogP contribution >= 0.6 is 12.4 Å². The molecule has 0 radical (unpaired) electrons. The normalized spacial score (nSPS) is 9.08. The third kappa shape index (κ3) is 4.15. The highest BCUT2D eigenvalue weighted by molar-refractivity contribution is 5.85. The molecule has 0 bridgehead atoms. The van der Waals surface area contributed by atoms with E-state index in [1.165, 1.54) is 5.56 Å². The molecule has 1 aromatic carbocycles. The number of halogens is 1. The van der Waals surface area contributed by atoms with Crippen LogP contribution in [0, 0.1) is 0 Å². The van der Waals surface area contributed by atoms with Crippen molar-refractivity contribution in [3.05, 3.63) is 29.8 Å². The Morgan fingerprint density at radius 1 is 1.38 bits per heavy atom. The van der Waals surface area contributed by atoms with E-state index < -0.39 is 0 Å². The maximum Gasteiger partial charge on any atom is 0.119 e. The number of hydrogen-bond acceptors (Lipinski definition) is 2. The van der Waals surface area contributed by atoms with E-state index in [0.29, 0.717) is 13.2 Å². The molecular formula is C10H16ClNO. The van der Waals surface area contributed by atoms with E-state index in [9.17, 15) is 0 Å². The lowest BCUT2D eigenvalue weighted by Gasteiger charge is -2.04. The molecule has 0 saturated carbocycles. The fourth-order valence-corrected chi connectivity index (χ4v) is 1.12. The maximum atomic E-state index is 5.44. The van der Waals surface area contributed by atoms with Crippen LogP contribution in [0.1, 0.15) is 12.5 Å². The molecule has 0 unspecified atom stereocenters. The van der Waals surface area contributed by atoms with E-state index in [1.54, 1.807) is 0 Å². The first-order valence-electron chi connectivity index (χ1n) is 4.28. The van der Waals surface area contributed by atoms with E-state index >= 15 is 0 Å². The monoisotopic (exact) mass is 201 g/mol. The van der Waals surface area contributed by atoms with Crippen molar-refractivity contribution in [3.63, 3.8) is 0 Å². The molecule has 1 rings (SSSR count). The molecular weight excluding hydrogens is 186 g/mol. The maximum absolute atomic E-state index is 5.44. The second-order valence-corrected chi connectivity index (χ2v) is 2.62. The first-order chi connectivity index (χ1) is 5.86. The predicted molar refractivity (Wildman–Crippen MR) is 57.6 cm³/mol. The van der Waals surface area contributed by atoms with Crippen molar-refractivity contribution in [2.24, 2.45) is 5.73 Å². The third-order valence-corrected chi connectivity index (χ3v) is 1.64.